The molecule has 1 aromatic carbocycles. The Labute approximate surface area is 221 Å². The number of allylic oxidation sites excluding steroid dienone is 1. The molecule has 2 aliphatic carbocycles. The van der Waals surface area contributed by atoms with E-state index < -0.39 is 23.3 Å². The zero-order chi connectivity index (χ0) is 26.6. The van der Waals surface area contributed by atoms with Crippen LogP contribution in [0.1, 0.15) is 44.2 Å². The maximum absolute atomic E-state index is 13.3. The number of rotatable bonds is 7. The Balaban J connectivity index is 0.000000335. The number of aromatic nitrogens is 1. The molecule has 3 aliphatic rings. The molecule has 5 rings (SSSR count). The minimum atomic E-state index is -0.788. The van der Waals surface area contributed by atoms with Crippen LogP contribution in [0.25, 0.3) is 11.1 Å². The van der Waals surface area contributed by atoms with Crippen LogP contribution >= 0.6 is 11.3 Å². The number of nitrogens with one attached hydrogen (secondary N) is 1. The van der Waals surface area contributed by atoms with Crippen LogP contribution < -0.4 is 10.1 Å². The van der Waals surface area contributed by atoms with Gasteiger partial charge >= 0.3 is 11.9 Å². The Morgan fingerprint density at radius 1 is 1.08 bits per heavy atom. The zero-order valence-corrected chi connectivity index (χ0v) is 22.6. The zero-order valence-electron chi connectivity index (χ0n) is 21.7. The summed E-state index contributed by atoms with van der Waals surface area (Å²) < 4.78 is 15.8. The molecular formula is C29H32N2O5S. The van der Waals surface area contributed by atoms with E-state index in [4.69, 9.17) is 14.2 Å². The van der Waals surface area contributed by atoms with Gasteiger partial charge in [0.05, 0.1) is 43.3 Å². The van der Waals surface area contributed by atoms with Crippen LogP contribution in [0.4, 0.5) is 0 Å². The lowest BCUT2D eigenvalue weighted by atomic mass is 9.67. The van der Waals surface area contributed by atoms with E-state index in [9.17, 15) is 9.59 Å². The van der Waals surface area contributed by atoms with E-state index in [2.05, 4.69) is 22.4 Å². The summed E-state index contributed by atoms with van der Waals surface area (Å²) in [6.45, 7) is 7.85. The summed E-state index contributed by atoms with van der Waals surface area (Å²) >= 11 is 1.42. The normalized spacial score (nSPS) is 21.2. The van der Waals surface area contributed by atoms with Crippen molar-refractivity contribution >= 4 is 23.3 Å². The van der Waals surface area contributed by atoms with Crippen LogP contribution in [0.15, 0.2) is 71.4 Å². The van der Waals surface area contributed by atoms with Gasteiger partial charge in [0.1, 0.15) is 10.8 Å². The van der Waals surface area contributed by atoms with Crippen molar-refractivity contribution in [1.82, 2.24) is 10.3 Å². The highest BCUT2D eigenvalue weighted by atomic mass is 32.1. The van der Waals surface area contributed by atoms with Crippen molar-refractivity contribution in [1.29, 1.82) is 0 Å². The monoisotopic (exact) mass is 520 g/mol. The number of carbonyl (C=O) groups is 2. The number of hydrogen-bond acceptors (Lipinski definition) is 8. The molecule has 8 heteroatoms. The molecule has 0 spiro atoms. The molecule has 0 bridgehead atoms. The number of esters is 2. The number of ether oxygens (including phenoxy) is 3. The number of thiazole rings is 1. The average molecular weight is 521 g/mol. The van der Waals surface area contributed by atoms with Gasteiger partial charge in [-0.25, -0.2) is 9.78 Å². The van der Waals surface area contributed by atoms with Crippen molar-refractivity contribution in [2.45, 2.75) is 39.2 Å². The molecule has 1 aromatic heterocycles. The molecular weight excluding hydrogens is 488 g/mol. The van der Waals surface area contributed by atoms with E-state index >= 15 is 0 Å². The van der Waals surface area contributed by atoms with Crippen LogP contribution in [-0.2, 0) is 24.6 Å². The van der Waals surface area contributed by atoms with Gasteiger partial charge in [0, 0.05) is 22.8 Å². The second-order valence-corrected chi connectivity index (χ2v) is 9.87. The van der Waals surface area contributed by atoms with Crippen LogP contribution in [-0.4, -0.2) is 37.2 Å². The smallest absolute Gasteiger partial charge is 0.336 e. The van der Waals surface area contributed by atoms with Gasteiger partial charge in [0.25, 0.3) is 0 Å². The fraction of sp³-hybridized carbons (Fsp3) is 0.345. The van der Waals surface area contributed by atoms with Crippen LogP contribution in [0.3, 0.4) is 0 Å². The molecule has 0 radical (unpaired) electrons. The second-order valence-electron chi connectivity index (χ2n) is 8.95. The number of carbonyl (C=O) groups excluding carboxylic acids is 2. The number of fused-ring (bicyclic) bond motifs is 1. The first-order chi connectivity index (χ1) is 17.8. The van der Waals surface area contributed by atoms with E-state index in [1.54, 1.807) is 27.2 Å². The third kappa shape index (κ3) is 5.25. The van der Waals surface area contributed by atoms with Gasteiger partial charge in [-0.2, -0.15) is 0 Å². The van der Waals surface area contributed by atoms with Crippen molar-refractivity contribution in [3.05, 3.63) is 81.9 Å². The van der Waals surface area contributed by atoms with E-state index in [1.165, 1.54) is 22.5 Å². The SMILES string of the molecule is CCOC(=O)C1=C(C)NC(C)(c2ccccc2)C(C(=O)OCC)C1c1nccs1.COc1ccc2cc1-2. The van der Waals surface area contributed by atoms with Crippen molar-refractivity contribution in [3.8, 4) is 16.9 Å². The third-order valence-corrected chi connectivity index (χ3v) is 7.53. The highest BCUT2D eigenvalue weighted by Gasteiger charge is 2.54. The molecule has 1 aliphatic heterocycles. The molecule has 7 nitrogen and oxygen atoms in total. The fourth-order valence-corrected chi connectivity index (χ4v) is 5.74. The molecule has 0 saturated heterocycles. The largest absolute Gasteiger partial charge is 0.496 e. The van der Waals surface area contributed by atoms with Gasteiger partial charge in [-0.1, -0.05) is 36.4 Å². The van der Waals surface area contributed by atoms with E-state index in [0.29, 0.717) is 16.3 Å². The van der Waals surface area contributed by atoms with Crippen molar-refractivity contribution in [2.24, 2.45) is 5.92 Å². The average Bonchev–Trinajstić information content (AvgIpc) is 3.27. The van der Waals surface area contributed by atoms with Gasteiger partial charge in [-0.3, -0.25) is 4.79 Å². The third-order valence-electron chi connectivity index (χ3n) is 6.67. The van der Waals surface area contributed by atoms with Gasteiger partial charge < -0.3 is 19.5 Å². The van der Waals surface area contributed by atoms with E-state index in [0.717, 1.165) is 11.3 Å². The summed E-state index contributed by atoms with van der Waals surface area (Å²) in [6, 6.07) is 15.9. The molecule has 2 heterocycles. The highest BCUT2D eigenvalue weighted by Crippen LogP contribution is 2.49. The summed E-state index contributed by atoms with van der Waals surface area (Å²) in [5.74, 6) is -1.07. The number of benzene rings is 2. The van der Waals surface area contributed by atoms with Crippen molar-refractivity contribution < 1.29 is 23.8 Å². The number of hydrogen-bond donors (Lipinski definition) is 1. The van der Waals surface area contributed by atoms with Crippen LogP contribution in [0, 0.1) is 5.92 Å². The van der Waals surface area contributed by atoms with Gasteiger partial charge in [-0.05, 0) is 51.0 Å². The topological polar surface area (TPSA) is 86.8 Å². The summed E-state index contributed by atoms with van der Waals surface area (Å²) in [5, 5.41) is 5.97. The molecule has 3 atom stereocenters. The Hall–Kier alpha value is -3.65. The molecule has 0 amide bonds. The molecule has 0 saturated carbocycles. The Morgan fingerprint density at radius 3 is 2.32 bits per heavy atom. The van der Waals surface area contributed by atoms with Crippen molar-refractivity contribution in [3.63, 3.8) is 0 Å². The fourth-order valence-electron chi connectivity index (χ4n) is 4.95. The Kier molecular flexibility index (Phi) is 7.97. The Bertz CT molecular complexity index is 1290. The standard InChI is InChI=1S/C22H26N2O4S.C7H6O/c1-5-27-20(25)16-14(3)24-22(4,15-10-8-7-9-11-15)18(21(26)28-6-2)17(16)19-23-12-13-29-19;1-8-7-3-2-5-4-6(5)7/h7-13,17-18,24H,5-6H2,1-4H3;2-4H,1H3. The number of methoxy groups -OCH3 is 1. The minimum absolute atomic E-state index is 0.250. The molecule has 194 valence electrons. The lowest BCUT2D eigenvalue weighted by Gasteiger charge is -2.46. The van der Waals surface area contributed by atoms with Crippen LogP contribution in [0.5, 0.6) is 5.75 Å². The van der Waals surface area contributed by atoms with Gasteiger partial charge in [-0.15, -0.1) is 11.3 Å². The molecule has 0 fully saturated rings. The maximum Gasteiger partial charge on any atom is 0.336 e. The highest BCUT2D eigenvalue weighted by molar-refractivity contribution is 7.09. The Morgan fingerprint density at radius 2 is 1.81 bits per heavy atom. The number of nitrogens with zero attached hydrogens (tertiary/aromatic N) is 1. The maximum atomic E-state index is 13.3. The summed E-state index contributed by atoms with van der Waals surface area (Å²) in [7, 11) is 1.70. The predicted octanol–water partition coefficient (Wildman–Crippen LogP) is 5.44. The summed E-state index contributed by atoms with van der Waals surface area (Å²) in [4.78, 5) is 30.6. The lowest BCUT2D eigenvalue weighted by Crippen LogP contribution is -2.55. The first-order valence-corrected chi connectivity index (χ1v) is 13.2. The van der Waals surface area contributed by atoms with Crippen molar-refractivity contribution in [2.75, 3.05) is 20.3 Å². The second kappa shape index (κ2) is 11.2. The minimum Gasteiger partial charge on any atom is -0.496 e. The molecule has 1 N–H and O–H groups in total. The molecule has 3 unspecified atom stereocenters. The summed E-state index contributed by atoms with van der Waals surface area (Å²) in [5.41, 5.74) is 3.87. The van der Waals surface area contributed by atoms with E-state index in [-0.39, 0.29) is 19.2 Å². The molecule has 2 aromatic rings. The van der Waals surface area contributed by atoms with Gasteiger partial charge in [0.2, 0.25) is 0 Å². The predicted molar refractivity (Wildman–Crippen MR) is 143 cm³/mol. The molecule has 37 heavy (non-hydrogen) atoms. The van der Waals surface area contributed by atoms with E-state index in [1.807, 2.05) is 55.6 Å². The summed E-state index contributed by atoms with van der Waals surface area (Å²) in [6.07, 6.45) is 1.68. The van der Waals surface area contributed by atoms with Gasteiger partial charge in [0.15, 0.2) is 0 Å². The first-order valence-electron chi connectivity index (χ1n) is 12.3. The first kappa shape index (κ1) is 26.4. The quantitative estimate of drug-likeness (QED) is 0.325. The lowest BCUT2D eigenvalue weighted by molar-refractivity contribution is -0.152. The van der Waals surface area contributed by atoms with Crippen LogP contribution in [0.2, 0.25) is 0 Å².